The van der Waals surface area contributed by atoms with E-state index in [2.05, 4.69) is 6.92 Å². The summed E-state index contributed by atoms with van der Waals surface area (Å²) in [6, 6.07) is 4.48. The van der Waals surface area contributed by atoms with Gasteiger partial charge in [0.05, 0.1) is 17.6 Å². The first-order chi connectivity index (χ1) is 7.65. The minimum Gasteiger partial charge on any atom is -0.492 e. The molecule has 0 aliphatic rings. The van der Waals surface area contributed by atoms with Crippen LogP contribution in [0, 0.1) is 10.1 Å². The van der Waals surface area contributed by atoms with E-state index < -0.39 is 4.92 Å². The van der Waals surface area contributed by atoms with Crippen molar-refractivity contribution < 1.29 is 9.66 Å². The fourth-order valence-corrected chi connectivity index (χ4v) is 1.62. The summed E-state index contributed by atoms with van der Waals surface area (Å²) < 4.78 is 5.37. The minimum absolute atomic E-state index is 0.111. The molecular formula is C10H14N2O3S. The number of nitrogens with zero attached hydrogens (tertiary/aromatic N) is 1. The van der Waals surface area contributed by atoms with E-state index in [1.54, 1.807) is 17.8 Å². The van der Waals surface area contributed by atoms with Gasteiger partial charge in [0.2, 0.25) is 0 Å². The van der Waals surface area contributed by atoms with Gasteiger partial charge in [0.15, 0.2) is 0 Å². The molecule has 0 atom stereocenters. The van der Waals surface area contributed by atoms with Gasteiger partial charge in [-0.3, -0.25) is 10.1 Å². The van der Waals surface area contributed by atoms with E-state index in [1.807, 2.05) is 0 Å². The summed E-state index contributed by atoms with van der Waals surface area (Å²) in [5.41, 5.74) is 5.51. The zero-order chi connectivity index (χ0) is 12.0. The molecule has 0 saturated heterocycles. The Morgan fingerprint density at radius 1 is 1.56 bits per heavy atom. The number of ether oxygens (including phenoxy) is 1. The van der Waals surface area contributed by atoms with Crippen LogP contribution in [0.15, 0.2) is 18.2 Å². The fraction of sp³-hybridized carbons (Fsp3) is 0.400. The van der Waals surface area contributed by atoms with Gasteiger partial charge in [0.25, 0.3) is 5.69 Å². The molecule has 0 unspecified atom stereocenters. The first kappa shape index (κ1) is 12.6. The number of nitrogens with two attached hydrogens (primary N) is 1. The predicted molar refractivity (Wildman–Crippen MR) is 66.0 cm³/mol. The van der Waals surface area contributed by atoms with Gasteiger partial charge in [0, 0.05) is 5.75 Å². The smallest absolute Gasteiger partial charge is 0.295 e. The van der Waals surface area contributed by atoms with Gasteiger partial charge in [-0.25, -0.2) is 0 Å². The Bertz CT molecular complexity index is 371. The van der Waals surface area contributed by atoms with Gasteiger partial charge < -0.3 is 10.5 Å². The molecule has 0 radical (unpaired) electrons. The molecule has 0 amide bonds. The Kier molecular flexibility index (Phi) is 4.91. The SMILES string of the molecule is CCSCCOc1ccc(N)c([N+](=O)[O-])c1. The van der Waals surface area contributed by atoms with Crippen LogP contribution in [0.4, 0.5) is 11.4 Å². The van der Waals surface area contributed by atoms with E-state index in [9.17, 15) is 10.1 Å². The van der Waals surface area contributed by atoms with Crippen LogP contribution < -0.4 is 10.5 Å². The zero-order valence-corrected chi connectivity index (χ0v) is 9.83. The number of hydrogen-bond donors (Lipinski definition) is 1. The lowest BCUT2D eigenvalue weighted by molar-refractivity contribution is -0.384. The van der Waals surface area contributed by atoms with Crippen LogP contribution in [0.3, 0.4) is 0 Å². The van der Waals surface area contributed by atoms with Crippen molar-refractivity contribution in [2.75, 3.05) is 23.8 Å². The maximum atomic E-state index is 10.6. The van der Waals surface area contributed by atoms with Crippen LogP contribution in [-0.2, 0) is 0 Å². The van der Waals surface area contributed by atoms with Gasteiger partial charge in [-0.2, -0.15) is 11.8 Å². The maximum absolute atomic E-state index is 10.6. The Labute approximate surface area is 98.1 Å². The molecule has 0 aromatic heterocycles. The third-order valence-corrected chi connectivity index (χ3v) is 2.76. The quantitative estimate of drug-likeness (QED) is 0.358. The monoisotopic (exact) mass is 242 g/mol. The number of nitro groups is 1. The molecular weight excluding hydrogens is 228 g/mol. The van der Waals surface area contributed by atoms with Crippen molar-refractivity contribution in [2.24, 2.45) is 0 Å². The molecule has 1 aromatic carbocycles. The molecule has 6 heteroatoms. The van der Waals surface area contributed by atoms with Crippen LogP contribution in [0.25, 0.3) is 0 Å². The topological polar surface area (TPSA) is 78.4 Å². The number of nitrogen functional groups attached to an aromatic ring is 1. The van der Waals surface area contributed by atoms with Crippen LogP contribution in [-0.4, -0.2) is 23.0 Å². The summed E-state index contributed by atoms with van der Waals surface area (Å²) in [6.45, 7) is 2.61. The highest BCUT2D eigenvalue weighted by Gasteiger charge is 2.12. The molecule has 88 valence electrons. The van der Waals surface area contributed by atoms with Crippen molar-refractivity contribution in [1.82, 2.24) is 0 Å². The average Bonchev–Trinajstić information content (AvgIpc) is 2.26. The first-order valence-electron chi connectivity index (χ1n) is 4.89. The number of rotatable bonds is 6. The third-order valence-electron chi connectivity index (χ3n) is 1.90. The standard InChI is InChI=1S/C10H14N2O3S/c1-2-16-6-5-15-8-3-4-9(11)10(7-8)12(13)14/h3-4,7H,2,5-6,11H2,1H3. The second-order valence-corrected chi connectivity index (χ2v) is 4.42. The van der Waals surface area contributed by atoms with Crippen molar-refractivity contribution in [3.05, 3.63) is 28.3 Å². The Morgan fingerprint density at radius 2 is 2.31 bits per heavy atom. The predicted octanol–water partition coefficient (Wildman–Crippen LogP) is 2.31. The van der Waals surface area contributed by atoms with Crippen LogP contribution in [0.1, 0.15) is 6.92 Å². The van der Waals surface area contributed by atoms with Gasteiger partial charge in [0.1, 0.15) is 11.4 Å². The number of benzene rings is 1. The van der Waals surface area contributed by atoms with Gasteiger partial charge in [-0.15, -0.1) is 0 Å². The Morgan fingerprint density at radius 3 is 2.94 bits per heavy atom. The third kappa shape index (κ3) is 3.62. The highest BCUT2D eigenvalue weighted by atomic mass is 32.2. The van der Waals surface area contributed by atoms with Crippen molar-refractivity contribution in [1.29, 1.82) is 0 Å². The van der Waals surface area contributed by atoms with Gasteiger partial charge in [-0.05, 0) is 17.9 Å². The van der Waals surface area contributed by atoms with Crippen LogP contribution >= 0.6 is 11.8 Å². The lowest BCUT2D eigenvalue weighted by atomic mass is 10.2. The molecule has 0 aliphatic carbocycles. The normalized spacial score (nSPS) is 10.1. The molecule has 16 heavy (non-hydrogen) atoms. The van der Waals surface area contributed by atoms with E-state index in [4.69, 9.17) is 10.5 Å². The molecule has 0 spiro atoms. The molecule has 0 fully saturated rings. The Hall–Kier alpha value is -1.43. The van der Waals surface area contributed by atoms with Gasteiger partial charge >= 0.3 is 0 Å². The summed E-state index contributed by atoms with van der Waals surface area (Å²) in [4.78, 5) is 10.1. The van der Waals surface area contributed by atoms with E-state index >= 15 is 0 Å². The molecule has 2 N–H and O–H groups in total. The van der Waals surface area contributed by atoms with Crippen LogP contribution in [0.5, 0.6) is 5.75 Å². The minimum atomic E-state index is -0.511. The van der Waals surface area contributed by atoms with Crippen molar-refractivity contribution in [3.8, 4) is 5.75 Å². The van der Waals surface area contributed by atoms with Crippen LogP contribution in [0.2, 0.25) is 0 Å². The number of nitro benzene ring substituents is 1. The summed E-state index contributed by atoms with van der Waals surface area (Å²) in [5.74, 6) is 2.39. The molecule has 0 heterocycles. The van der Waals surface area contributed by atoms with Crippen molar-refractivity contribution in [3.63, 3.8) is 0 Å². The molecule has 0 bridgehead atoms. The number of anilines is 1. The summed E-state index contributed by atoms with van der Waals surface area (Å²) >= 11 is 1.76. The van der Waals surface area contributed by atoms with E-state index in [0.717, 1.165) is 11.5 Å². The number of thioether (sulfide) groups is 1. The lowest BCUT2D eigenvalue weighted by Crippen LogP contribution is -2.02. The number of hydrogen-bond acceptors (Lipinski definition) is 5. The molecule has 5 nitrogen and oxygen atoms in total. The Balaban J connectivity index is 2.61. The molecule has 1 aromatic rings. The highest BCUT2D eigenvalue weighted by Crippen LogP contribution is 2.26. The second kappa shape index (κ2) is 6.22. The average molecular weight is 242 g/mol. The van der Waals surface area contributed by atoms with Crippen molar-refractivity contribution in [2.45, 2.75) is 6.92 Å². The summed E-state index contributed by atoms with van der Waals surface area (Å²) in [7, 11) is 0. The zero-order valence-electron chi connectivity index (χ0n) is 9.01. The molecule has 0 aliphatic heterocycles. The molecule has 1 rings (SSSR count). The maximum Gasteiger partial charge on any atom is 0.295 e. The highest BCUT2D eigenvalue weighted by molar-refractivity contribution is 7.99. The van der Waals surface area contributed by atoms with E-state index in [1.165, 1.54) is 12.1 Å². The lowest BCUT2D eigenvalue weighted by Gasteiger charge is -2.06. The van der Waals surface area contributed by atoms with Gasteiger partial charge in [-0.1, -0.05) is 6.92 Å². The molecule has 0 saturated carbocycles. The fourth-order valence-electron chi connectivity index (χ4n) is 1.13. The summed E-state index contributed by atoms with van der Waals surface area (Å²) in [6.07, 6.45) is 0. The van der Waals surface area contributed by atoms with Crippen molar-refractivity contribution >= 4 is 23.1 Å². The largest absolute Gasteiger partial charge is 0.492 e. The summed E-state index contributed by atoms with van der Waals surface area (Å²) in [5, 5.41) is 10.6. The van der Waals surface area contributed by atoms with E-state index in [-0.39, 0.29) is 11.4 Å². The second-order valence-electron chi connectivity index (χ2n) is 3.02. The first-order valence-corrected chi connectivity index (χ1v) is 6.05. The van der Waals surface area contributed by atoms with E-state index in [0.29, 0.717) is 12.4 Å².